The van der Waals surface area contributed by atoms with Gasteiger partial charge in [-0.1, -0.05) is 0 Å². The number of amides is 1. The van der Waals surface area contributed by atoms with Crippen molar-refractivity contribution in [2.75, 3.05) is 6.54 Å². The first-order valence-corrected chi connectivity index (χ1v) is 6.77. The van der Waals surface area contributed by atoms with Crippen molar-refractivity contribution in [3.63, 3.8) is 0 Å². The lowest BCUT2D eigenvalue weighted by Crippen LogP contribution is -2.37. The highest BCUT2D eigenvalue weighted by molar-refractivity contribution is 5.78. The topological polar surface area (TPSA) is 59.0 Å². The lowest BCUT2D eigenvalue weighted by molar-refractivity contribution is -0.120. The van der Waals surface area contributed by atoms with Gasteiger partial charge in [0, 0.05) is 30.4 Å². The highest BCUT2D eigenvalue weighted by atomic mass is 16.2. The van der Waals surface area contributed by atoms with Crippen LogP contribution in [0.15, 0.2) is 6.20 Å². The molecule has 1 aromatic heterocycles. The minimum absolute atomic E-state index is 0.119. The van der Waals surface area contributed by atoms with E-state index in [0.29, 0.717) is 12.6 Å². The van der Waals surface area contributed by atoms with Crippen molar-refractivity contribution in [1.29, 1.82) is 0 Å². The molecule has 18 heavy (non-hydrogen) atoms. The van der Waals surface area contributed by atoms with Crippen LogP contribution in [0.2, 0.25) is 0 Å². The largest absolute Gasteiger partial charge is 0.352 e. The van der Waals surface area contributed by atoms with Crippen LogP contribution in [-0.4, -0.2) is 28.3 Å². The van der Waals surface area contributed by atoms with Gasteiger partial charge in [-0.25, -0.2) is 0 Å². The Morgan fingerprint density at radius 1 is 1.50 bits per heavy atom. The Hall–Kier alpha value is -1.36. The van der Waals surface area contributed by atoms with E-state index in [-0.39, 0.29) is 11.9 Å². The maximum atomic E-state index is 11.7. The number of rotatable bonds is 4. The number of nitrogens with one attached hydrogen (secondary N) is 2. The first-order valence-electron chi connectivity index (χ1n) is 6.77. The average molecular weight is 248 g/mol. The van der Waals surface area contributed by atoms with Gasteiger partial charge in [0.1, 0.15) is 0 Å². The Labute approximate surface area is 107 Å². The molecule has 1 saturated carbocycles. The van der Waals surface area contributed by atoms with E-state index in [9.17, 15) is 4.79 Å². The van der Waals surface area contributed by atoms with Crippen molar-refractivity contribution in [3.8, 4) is 0 Å². The zero-order chi connectivity index (χ0) is 12.5. The summed E-state index contributed by atoms with van der Waals surface area (Å²) < 4.78 is 1.95. The summed E-state index contributed by atoms with van der Waals surface area (Å²) >= 11 is 0. The smallest absolute Gasteiger partial charge is 0.234 e. The van der Waals surface area contributed by atoms with E-state index in [1.807, 2.05) is 17.9 Å². The molecule has 1 atom stereocenters. The van der Waals surface area contributed by atoms with E-state index in [1.165, 1.54) is 11.3 Å². The molecule has 1 amide bonds. The zero-order valence-electron chi connectivity index (χ0n) is 10.8. The minimum atomic E-state index is 0.119. The summed E-state index contributed by atoms with van der Waals surface area (Å²) in [7, 11) is 1.99. The monoisotopic (exact) mass is 248 g/mol. The van der Waals surface area contributed by atoms with Gasteiger partial charge in [0.05, 0.1) is 12.7 Å². The summed E-state index contributed by atoms with van der Waals surface area (Å²) in [5.41, 5.74) is 2.57. The molecule has 3 rings (SSSR count). The third-order valence-electron chi connectivity index (χ3n) is 3.83. The number of hydrogen-bond acceptors (Lipinski definition) is 3. The van der Waals surface area contributed by atoms with Gasteiger partial charge in [0.25, 0.3) is 0 Å². The molecular formula is C13H20N4O. The van der Waals surface area contributed by atoms with Crippen LogP contribution in [0, 0.1) is 0 Å². The summed E-state index contributed by atoms with van der Waals surface area (Å²) in [5, 5.41) is 10.7. The van der Waals surface area contributed by atoms with Crippen LogP contribution in [0.1, 0.15) is 43.0 Å². The van der Waals surface area contributed by atoms with Crippen LogP contribution in [-0.2, 0) is 18.3 Å². The van der Waals surface area contributed by atoms with Crippen LogP contribution in [0.4, 0.5) is 0 Å². The van der Waals surface area contributed by atoms with Crippen molar-refractivity contribution < 1.29 is 4.79 Å². The first-order chi connectivity index (χ1) is 8.74. The molecule has 5 nitrogen and oxygen atoms in total. The van der Waals surface area contributed by atoms with Gasteiger partial charge in [-0.3, -0.25) is 9.48 Å². The Kier molecular flexibility index (Phi) is 3.07. The maximum Gasteiger partial charge on any atom is 0.234 e. The standard InChI is InChI=1S/C13H20N4O/c1-17-12-4-2-3-11(10(12)7-15-17)14-8-13(18)16-9-5-6-9/h7,9,11,14H,2-6,8H2,1H3,(H,16,18). The highest BCUT2D eigenvalue weighted by Gasteiger charge is 2.25. The molecule has 0 radical (unpaired) electrons. The van der Waals surface area contributed by atoms with E-state index in [2.05, 4.69) is 15.7 Å². The molecule has 98 valence electrons. The van der Waals surface area contributed by atoms with Gasteiger partial charge in [-0.15, -0.1) is 0 Å². The SMILES string of the molecule is Cn1ncc2c1CCCC2NCC(=O)NC1CC1. The third-order valence-corrected chi connectivity index (χ3v) is 3.83. The number of aryl methyl sites for hydroxylation is 1. The molecule has 1 aromatic rings. The molecule has 0 spiro atoms. The van der Waals surface area contributed by atoms with E-state index >= 15 is 0 Å². The number of carbonyl (C=O) groups is 1. The Balaban J connectivity index is 1.58. The normalized spacial score (nSPS) is 22.6. The Morgan fingerprint density at radius 2 is 2.33 bits per heavy atom. The third kappa shape index (κ3) is 2.41. The summed E-state index contributed by atoms with van der Waals surface area (Å²) in [6.45, 7) is 0.412. The fourth-order valence-corrected chi connectivity index (χ4v) is 2.64. The van der Waals surface area contributed by atoms with Crippen LogP contribution in [0.3, 0.4) is 0 Å². The lowest BCUT2D eigenvalue weighted by Gasteiger charge is -2.23. The molecule has 0 bridgehead atoms. The Bertz CT molecular complexity index is 450. The number of nitrogens with zero attached hydrogens (tertiary/aromatic N) is 2. The average Bonchev–Trinajstić information content (AvgIpc) is 3.10. The number of aromatic nitrogens is 2. The lowest BCUT2D eigenvalue weighted by atomic mass is 9.93. The molecular weight excluding hydrogens is 228 g/mol. The second-order valence-corrected chi connectivity index (χ2v) is 5.34. The highest BCUT2D eigenvalue weighted by Crippen LogP contribution is 2.28. The Morgan fingerprint density at radius 3 is 3.11 bits per heavy atom. The maximum absolute atomic E-state index is 11.7. The molecule has 0 aromatic carbocycles. The van der Waals surface area contributed by atoms with Crippen LogP contribution in [0.5, 0.6) is 0 Å². The van der Waals surface area contributed by atoms with Gasteiger partial charge >= 0.3 is 0 Å². The van der Waals surface area contributed by atoms with Crippen molar-refractivity contribution >= 4 is 5.91 Å². The van der Waals surface area contributed by atoms with Gasteiger partial charge in [0.2, 0.25) is 5.91 Å². The minimum Gasteiger partial charge on any atom is -0.352 e. The van der Waals surface area contributed by atoms with Crippen molar-refractivity contribution in [1.82, 2.24) is 20.4 Å². The van der Waals surface area contributed by atoms with E-state index in [1.54, 1.807) is 0 Å². The second-order valence-electron chi connectivity index (χ2n) is 5.34. The fourth-order valence-electron chi connectivity index (χ4n) is 2.64. The second kappa shape index (κ2) is 4.72. The fraction of sp³-hybridized carbons (Fsp3) is 0.692. The molecule has 2 N–H and O–H groups in total. The molecule has 5 heteroatoms. The first kappa shape index (κ1) is 11.7. The molecule has 0 saturated heterocycles. The molecule has 1 heterocycles. The molecule has 2 aliphatic rings. The number of carbonyl (C=O) groups excluding carboxylic acids is 1. The predicted octanol–water partition coefficient (Wildman–Crippen LogP) is 0.666. The summed E-state index contributed by atoms with van der Waals surface area (Å²) in [6, 6.07) is 0.729. The predicted molar refractivity (Wildman–Crippen MR) is 68.1 cm³/mol. The van der Waals surface area contributed by atoms with Crippen molar-refractivity contribution in [3.05, 3.63) is 17.5 Å². The summed E-state index contributed by atoms with van der Waals surface area (Å²) in [5.74, 6) is 0.119. The number of fused-ring (bicyclic) bond motifs is 1. The van der Waals surface area contributed by atoms with Crippen molar-refractivity contribution in [2.45, 2.75) is 44.2 Å². The van der Waals surface area contributed by atoms with Gasteiger partial charge in [0.15, 0.2) is 0 Å². The van der Waals surface area contributed by atoms with Gasteiger partial charge < -0.3 is 10.6 Å². The molecule has 1 unspecified atom stereocenters. The van der Waals surface area contributed by atoms with E-state index in [4.69, 9.17) is 0 Å². The molecule has 0 aliphatic heterocycles. The zero-order valence-corrected chi connectivity index (χ0v) is 10.8. The summed E-state index contributed by atoms with van der Waals surface area (Å²) in [4.78, 5) is 11.7. The number of hydrogen-bond donors (Lipinski definition) is 2. The van der Waals surface area contributed by atoms with Gasteiger partial charge in [-0.05, 0) is 32.1 Å². The molecule has 1 fully saturated rings. The quantitative estimate of drug-likeness (QED) is 0.823. The van der Waals surface area contributed by atoms with Crippen molar-refractivity contribution in [2.24, 2.45) is 7.05 Å². The van der Waals surface area contributed by atoms with Crippen LogP contribution >= 0.6 is 0 Å². The summed E-state index contributed by atoms with van der Waals surface area (Å²) in [6.07, 6.45) is 7.57. The van der Waals surface area contributed by atoms with Crippen LogP contribution < -0.4 is 10.6 Å². The van der Waals surface area contributed by atoms with E-state index in [0.717, 1.165) is 32.1 Å². The van der Waals surface area contributed by atoms with E-state index < -0.39 is 0 Å². The van der Waals surface area contributed by atoms with Crippen LogP contribution in [0.25, 0.3) is 0 Å². The van der Waals surface area contributed by atoms with Gasteiger partial charge in [-0.2, -0.15) is 5.10 Å². The molecule has 2 aliphatic carbocycles.